The van der Waals surface area contributed by atoms with Crippen LogP contribution in [0.3, 0.4) is 0 Å². The second kappa shape index (κ2) is 10.4. The zero-order chi connectivity index (χ0) is 27.7. The van der Waals surface area contributed by atoms with E-state index in [4.69, 9.17) is 0 Å². The average molecular weight is 551 g/mol. The summed E-state index contributed by atoms with van der Waals surface area (Å²) >= 11 is 0. The third-order valence-corrected chi connectivity index (χ3v) is 7.77. The van der Waals surface area contributed by atoms with Crippen LogP contribution in [0, 0.1) is 17.1 Å². The van der Waals surface area contributed by atoms with Crippen molar-refractivity contribution in [2.24, 2.45) is 0 Å². The number of alkyl halides is 4. The lowest BCUT2D eigenvalue weighted by molar-refractivity contribution is -0.141. The molecule has 8 nitrogen and oxygen atoms in total. The number of sulfonamides is 1. The molecule has 2 unspecified atom stereocenters. The Bertz CT molecular complexity index is 1490. The number of amides is 1. The molecule has 0 saturated carbocycles. The van der Waals surface area contributed by atoms with Gasteiger partial charge in [0.15, 0.2) is 0 Å². The lowest BCUT2D eigenvalue weighted by Gasteiger charge is -2.24. The van der Waals surface area contributed by atoms with E-state index in [0.29, 0.717) is 4.31 Å². The summed E-state index contributed by atoms with van der Waals surface area (Å²) in [6, 6.07) is 7.35. The van der Waals surface area contributed by atoms with E-state index in [1.807, 2.05) is 6.07 Å². The SMILES string of the molecule is N#Cc1cnc(-c2ccc(C(F)(F)F)nc2)cc1CNC(=O)C1C(F)CCN1S(=O)(=O)c1ccc(F)cc1. The first-order valence-electron chi connectivity index (χ1n) is 11.0. The van der Waals surface area contributed by atoms with Gasteiger partial charge in [0.1, 0.15) is 29.8 Å². The number of hydrogen-bond acceptors (Lipinski definition) is 6. The number of rotatable bonds is 6. The Balaban J connectivity index is 1.54. The summed E-state index contributed by atoms with van der Waals surface area (Å²) in [5.41, 5.74) is -0.467. The van der Waals surface area contributed by atoms with Crippen LogP contribution in [-0.2, 0) is 27.5 Å². The van der Waals surface area contributed by atoms with Crippen LogP contribution in [0.2, 0.25) is 0 Å². The van der Waals surface area contributed by atoms with Crippen LogP contribution in [0.25, 0.3) is 11.3 Å². The Morgan fingerprint density at radius 2 is 1.84 bits per heavy atom. The number of nitrogens with zero attached hydrogens (tertiary/aromatic N) is 4. The van der Waals surface area contributed by atoms with E-state index < -0.39 is 45.8 Å². The van der Waals surface area contributed by atoms with Gasteiger partial charge in [-0.3, -0.25) is 14.8 Å². The topological polar surface area (TPSA) is 116 Å². The predicted molar refractivity (Wildman–Crippen MR) is 123 cm³/mol. The molecule has 1 saturated heterocycles. The Morgan fingerprint density at radius 1 is 1.13 bits per heavy atom. The predicted octanol–water partition coefficient (Wildman–Crippen LogP) is 3.59. The highest BCUT2D eigenvalue weighted by Crippen LogP contribution is 2.30. The molecular weight excluding hydrogens is 533 g/mol. The van der Waals surface area contributed by atoms with Crippen LogP contribution >= 0.6 is 0 Å². The number of carbonyl (C=O) groups excluding carboxylic acids is 1. The minimum atomic E-state index is -4.63. The van der Waals surface area contributed by atoms with Gasteiger partial charge in [0.25, 0.3) is 0 Å². The largest absolute Gasteiger partial charge is 0.433 e. The number of hydrogen-bond donors (Lipinski definition) is 1. The first-order valence-corrected chi connectivity index (χ1v) is 12.5. The van der Waals surface area contributed by atoms with Gasteiger partial charge in [-0.05, 0) is 54.4 Å². The average Bonchev–Trinajstić information content (AvgIpc) is 3.29. The molecule has 1 aliphatic rings. The van der Waals surface area contributed by atoms with E-state index in [0.717, 1.165) is 48.8 Å². The Labute approximate surface area is 213 Å². The van der Waals surface area contributed by atoms with Gasteiger partial charge in [-0.1, -0.05) is 0 Å². The van der Waals surface area contributed by atoms with E-state index in [1.54, 1.807) is 0 Å². The van der Waals surface area contributed by atoms with Crippen molar-refractivity contribution in [3.05, 3.63) is 77.5 Å². The van der Waals surface area contributed by atoms with Crippen LogP contribution in [-0.4, -0.2) is 47.4 Å². The molecule has 0 bridgehead atoms. The van der Waals surface area contributed by atoms with Crippen molar-refractivity contribution in [2.75, 3.05) is 6.54 Å². The summed E-state index contributed by atoms with van der Waals surface area (Å²) in [5.74, 6) is -1.63. The second-order valence-corrected chi connectivity index (χ2v) is 10.2. The standard InChI is InChI=1S/C24H18F5N5O3S/c25-17-2-4-18(5-3-17)38(36,37)34-8-7-19(26)22(34)23(35)33-12-15-9-20(31-13-16(15)10-30)14-1-6-21(32-11-14)24(27,28)29/h1-6,9,11,13,19,22H,7-8,12H2,(H,33,35). The van der Waals surface area contributed by atoms with Gasteiger partial charge in [-0.2, -0.15) is 22.7 Å². The lowest BCUT2D eigenvalue weighted by atomic mass is 10.1. The highest BCUT2D eigenvalue weighted by atomic mass is 32.2. The highest BCUT2D eigenvalue weighted by molar-refractivity contribution is 7.89. The smallest absolute Gasteiger partial charge is 0.350 e. The van der Waals surface area contributed by atoms with Gasteiger partial charge in [0.05, 0.1) is 16.2 Å². The number of aromatic nitrogens is 2. The van der Waals surface area contributed by atoms with Crippen LogP contribution in [0.15, 0.2) is 59.8 Å². The van der Waals surface area contributed by atoms with E-state index in [2.05, 4.69) is 15.3 Å². The summed E-state index contributed by atoms with van der Waals surface area (Å²) in [7, 11) is -4.32. The molecule has 0 radical (unpaired) electrons. The summed E-state index contributed by atoms with van der Waals surface area (Å²) in [4.78, 5) is 20.0. The molecule has 0 aliphatic carbocycles. The molecule has 3 heterocycles. The molecule has 198 valence electrons. The van der Waals surface area contributed by atoms with Gasteiger partial charge in [-0.25, -0.2) is 17.2 Å². The fourth-order valence-corrected chi connectivity index (χ4v) is 5.56. The molecule has 1 fully saturated rings. The number of pyridine rings is 2. The maximum absolute atomic E-state index is 14.7. The van der Waals surface area contributed by atoms with Gasteiger partial charge >= 0.3 is 6.18 Å². The van der Waals surface area contributed by atoms with Crippen molar-refractivity contribution in [2.45, 2.75) is 36.3 Å². The minimum absolute atomic E-state index is 0.0351. The molecule has 3 aromatic rings. The van der Waals surface area contributed by atoms with Crippen LogP contribution < -0.4 is 5.32 Å². The molecule has 38 heavy (non-hydrogen) atoms. The van der Waals surface area contributed by atoms with Crippen molar-refractivity contribution in [1.29, 1.82) is 5.26 Å². The van der Waals surface area contributed by atoms with Crippen molar-refractivity contribution in [3.63, 3.8) is 0 Å². The monoisotopic (exact) mass is 551 g/mol. The molecule has 4 rings (SSSR count). The van der Waals surface area contributed by atoms with E-state index in [1.165, 1.54) is 6.07 Å². The number of nitriles is 1. The molecular formula is C24H18F5N5O3S. The molecule has 2 aromatic heterocycles. The quantitative estimate of drug-likeness (QED) is 0.468. The molecule has 1 N–H and O–H groups in total. The normalized spacial score (nSPS) is 18.2. The Morgan fingerprint density at radius 3 is 2.45 bits per heavy atom. The van der Waals surface area contributed by atoms with Crippen molar-refractivity contribution < 1.29 is 35.2 Å². The van der Waals surface area contributed by atoms with E-state index >= 15 is 0 Å². The lowest BCUT2D eigenvalue weighted by Crippen LogP contribution is -2.49. The highest BCUT2D eigenvalue weighted by Gasteiger charge is 2.46. The molecule has 1 aromatic carbocycles. The number of benzene rings is 1. The summed E-state index contributed by atoms with van der Waals surface area (Å²) < 4.78 is 93.0. The number of carbonyl (C=O) groups is 1. The van der Waals surface area contributed by atoms with Gasteiger partial charge < -0.3 is 5.32 Å². The third kappa shape index (κ3) is 5.48. The Hall–Kier alpha value is -3.96. The van der Waals surface area contributed by atoms with Crippen molar-refractivity contribution >= 4 is 15.9 Å². The van der Waals surface area contributed by atoms with Crippen LogP contribution in [0.4, 0.5) is 22.0 Å². The van der Waals surface area contributed by atoms with Gasteiger partial charge in [-0.15, -0.1) is 0 Å². The zero-order valence-electron chi connectivity index (χ0n) is 19.3. The maximum atomic E-state index is 14.7. The second-order valence-electron chi connectivity index (χ2n) is 8.31. The van der Waals surface area contributed by atoms with E-state index in [9.17, 15) is 40.4 Å². The fraction of sp³-hybridized carbons (Fsp3) is 0.250. The molecule has 0 spiro atoms. The minimum Gasteiger partial charge on any atom is -0.350 e. The van der Waals surface area contributed by atoms with Crippen molar-refractivity contribution in [3.8, 4) is 17.3 Å². The molecule has 14 heteroatoms. The summed E-state index contributed by atoms with van der Waals surface area (Å²) in [6.07, 6.45) is -4.55. The first kappa shape index (κ1) is 27.1. The number of halogens is 5. The summed E-state index contributed by atoms with van der Waals surface area (Å²) in [5, 5.41) is 11.8. The molecule has 1 aliphatic heterocycles. The third-order valence-electron chi connectivity index (χ3n) is 5.88. The maximum Gasteiger partial charge on any atom is 0.433 e. The zero-order valence-corrected chi connectivity index (χ0v) is 20.1. The molecule has 1 amide bonds. The van der Waals surface area contributed by atoms with Crippen LogP contribution in [0.1, 0.15) is 23.2 Å². The fourth-order valence-electron chi connectivity index (χ4n) is 3.94. The molecule has 2 atom stereocenters. The number of nitrogens with one attached hydrogen (secondary N) is 1. The first-order chi connectivity index (χ1) is 17.9. The van der Waals surface area contributed by atoms with E-state index in [-0.39, 0.29) is 46.8 Å². The Kier molecular flexibility index (Phi) is 7.43. The summed E-state index contributed by atoms with van der Waals surface area (Å²) in [6.45, 7) is -0.596. The van der Waals surface area contributed by atoms with Gasteiger partial charge in [0, 0.05) is 31.0 Å². The van der Waals surface area contributed by atoms with Crippen molar-refractivity contribution in [1.82, 2.24) is 19.6 Å². The van der Waals surface area contributed by atoms with Crippen LogP contribution in [0.5, 0.6) is 0 Å². The van der Waals surface area contributed by atoms with Gasteiger partial charge in [0.2, 0.25) is 15.9 Å².